The maximum absolute atomic E-state index is 2.55. The van der Waals surface area contributed by atoms with Gasteiger partial charge in [-0.1, -0.05) is 145 Å². The lowest BCUT2D eigenvalue weighted by Crippen LogP contribution is -2.12. The summed E-state index contributed by atoms with van der Waals surface area (Å²) in [4.78, 5) is 0. The molecule has 0 spiro atoms. The van der Waals surface area contributed by atoms with E-state index in [4.69, 9.17) is 0 Å². The zero-order chi connectivity index (χ0) is 35.3. The molecule has 11 aromatic carbocycles. The highest BCUT2D eigenvalue weighted by Crippen LogP contribution is 2.49. The molecule has 0 bridgehead atoms. The lowest BCUT2D eigenvalue weighted by atomic mass is 9.80. The highest BCUT2D eigenvalue weighted by atomic mass is 14.3. The first-order valence-corrected chi connectivity index (χ1v) is 18.8. The molecule has 0 heteroatoms. The molecule has 11 aromatic rings. The first-order valence-electron chi connectivity index (χ1n) is 18.8. The minimum atomic E-state index is -0.00213. The van der Waals surface area contributed by atoms with Crippen molar-refractivity contribution in [3.63, 3.8) is 0 Å². The predicted molar refractivity (Wildman–Crippen MR) is 229 cm³/mol. The molecule has 0 amide bonds. The molecule has 52 heavy (non-hydrogen) atoms. The van der Waals surface area contributed by atoms with E-state index in [2.05, 4.69) is 175 Å². The summed E-state index contributed by atoms with van der Waals surface area (Å²) < 4.78 is 0. The molecule has 11 rings (SSSR count). The van der Waals surface area contributed by atoms with Gasteiger partial charge in [0.25, 0.3) is 0 Å². The molecular weight excluding hydrogens is 625 g/mol. The minimum absolute atomic E-state index is 0.00213. The summed E-state index contributed by atoms with van der Waals surface area (Å²) in [6.45, 7) is 14.0. The third-order valence-corrected chi connectivity index (χ3v) is 12.2. The van der Waals surface area contributed by atoms with Gasteiger partial charge < -0.3 is 0 Å². The molecule has 0 saturated carbocycles. The van der Waals surface area contributed by atoms with Gasteiger partial charge in [-0.3, -0.25) is 0 Å². The zero-order valence-corrected chi connectivity index (χ0v) is 30.7. The van der Waals surface area contributed by atoms with Crippen LogP contribution in [0.15, 0.2) is 133 Å². The quantitative estimate of drug-likeness (QED) is 0.153. The van der Waals surface area contributed by atoms with Crippen LogP contribution in [0.4, 0.5) is 0 Å². The van der Waals surface area contributed by atoms with Gasteiger partial charge in [-0.2, -0.15) is 0 Å². The van der Waals surface area contributed by atoms with E-state index in [1.807, 2.05) is 0 Å². The molecule has 0 aliphatic rings. The second kappa shape index (κ2) is 9.99. The molecule has 0 saturated heterocycles. The Morgan fingerprint density at radius 3 is 1.42 bits per heavy atom. The Bertz CT molecular complexity index is 3280. The van der Waals surface area contributed by atoms with Gasteiger partial charge in [0.1, 0.15) is 0 Å². The molecule has 0 aliphatic carbocycles. The lowest BCUT2D eigenvalue weighted by Gasteiger charge is -2.24. The van der Waals surface area contributed by atoms with Crippen LogP contribution in [-0.4, -0.2) is 0 Å². The standard InChI is InChI=1S/C52H40/c1-51(2,3)31-21-20-30-22-32(52(4,5)6)24-40(39(30)23-31)44-27-43-38-19-11-18-35-33-14-7-8-15-34(33)48(50(35)38)28-47(43)46-26-42-37-17-10-13-29-12-9-16-36(49(29)37)41(42)25-45(44)46/h7-28H,1-6H3. The van der Waals surface area contributed by atoms with E-state index < -0.39 is 0 Å². The molecule has 0 atom stereocenters. The van der Waals surface area contributed by atoms with Crippen LogP contribution in [0.25, 0.3) is 108 Å². The third kappa shape index (κ3) is 3.98. The van der Waals surface area contributed by atoms with E-state index >= 15 is 0 Å². The average molecular weight is 665 g/mol. The molecule has 0 radical (unpaired) electrons. The highest BCUT2D eigenvalue weighted by molar-refractivity contribution is 6.39. The molecule has 0 aromatic heterocycles. The number of hydrogen-bond donors (Lipinski definition) is 0. The van der Waals surface area contributed by atoms with Crippen molar-refractivity contribution in [3.05, 3.63) is 145 Å². The van der Waals surface area contributed by atoms with Crippen molar-refractivity contribution in [1.29, 1.82) is 0 Å². The number of rotatable bonds is 1. The Labute approximate surface area is 304 Å². The average Bonchev–Trinajstić information content (AvgIpc) is 3.63. The normalized spacial score (nSPS) is 13.2. The van der Waals surface area contributed by atoms with Gasteiger partial charge in [0.2, 0.25) is 0 Å². The molecule has 248 valence electrons. The maximum Gasteiger partial charge on any atom is -0.00199 e. The SMILES string of the molecule is CC(C)(C)c1cc(-c2cc3c(cc4c5ccccc5c5cccc3c54)c3cc4c(cc23)c2cccc3cccc4c32)c2cc(C(C)(C)C)ccc2c1. The van der Waals surface area contributed by atoms with Gasteiger partial charge in [0, 0.05) is 0 Å². The molecule has 0 aliphatic heterocycles. The minimum Gasteiger partial charge on any atom is -0.0616 e. The fraction of sp³-hybridized carbons (Fsp3) is 0.154. The summed E-state index contributed by atoms with van der Waals surface area (Å²) in [5, 5.41) is 24.1. The van der Waals surface area contributed by atoms with Crippen molar-refractivity contribution in [1.82, 2.24) is 0 Å². The van der Waals surface area contributed by atoms with Crippen LogP contribution in [0.1, 0.15) is 52.7 Å². The molecule has 0 unspecified atom stereocenters. The van der Waals surface area contributed by atoms with Gasteiger partial charge in [-0.05, 0) is 160 Å². The van der Waals surface area contributed by atoms with Crippen LogP contribution in [-0.2, 0) is 10.8 Å². The number of fused-ring (bicyclic) bond motifs is 11. The highest BCUT2D eigenvalue weighted by Gasteiger charge is 2.23. The summed E-state index contributed by atoms with van der Waals surface area (Å²) in [6.07, 6.45) is 0. The molecule has 0 N–H and O–H groups in total. The van der Waals surface area contributed by atoms with E-state index in [9.17, 15) is 0 Å². The van der Waals surface area contributed by atoms with Gasteiger partial charge in [0.05, 0.1) is 0 Å². The van der Waals surface area contributed by atoms with Gasteiger partial charge >= 0.3 is 0 Å². The van der Waals surface area contributed by atoms with Crippen LogP contribution in [0.3, 0.4) is 0 Å². The number of benzene rings is 9. The van der Waals surface area contributed by atoms with Crippen LogP contribution in [0.2, 0.25) is 0 Å². The van der Waals surface area contributed by atoms with Crippen LogP contribution in [0.5, 0.6) is 0 Å². The summed E-state index contributed by atoms with van der Waals surface area (Å²) in [7, 11) is 0. The fourth-order valence-corrected chi connectivity index (χ4v) is 9.48. The summed E-state index contributed by atoms with van der Waals surface area (Å²) in [5.74, 6) is 0. The monoisotopic (exact) mass is 664 g/mol. The molecule has 0 nitrogen and oxygen atoms in total. The van der Waals surface area contributed by atoms with Gasteiger partial charge in [-0.15, -0.1) is 0 Å². The smallest absolute Gasteiger partial charge is 0.00199 e. The van der Waals surface area contributed by atoms with Crippen molar-refractivity contribution in [2.45, 2.75) is 52.4 Å². The summed E-state index contributed by atoms with van der Waals surface area (Å²) in [6, 6.07) is 51.7. The maximum atomic E-state index is 2.55. The number of hydrogen-bond acceptors (Lipinski definition) is 0. The van der Waals surface area contributed by atoms with Crippen molar-refractivity contribution >= 4 is 97.0 Å². The van der Waals surface area contributed by atoms with Crippen LogP contribution >= 0.6 is 0 Å². The largest absolute Gasteiger partial charge is 0.0616 e. The lowest BCUT2D eigenvalue weighted by molar-refractivity contribution is 0.589. The summed E-state index contributed by atoms with van der Waals surface area (Å²) in [5.41, 5.74) is 5.39. The molecular formula is C52H40. The second-order valence-electron chi connectivity index (χ2n) is 17.3. The van der Waals surface area contributed by atoms with E-state index in [1.165, 1.54) is 119 Å². The van der Waals surface area contributed by atoms with Crippen molar-refractivity contribution in [2.24, 2.45) is 0 Å². The Balaban J connectivity index is 1.40. The molecule has 0 heterocycles. The second-order valence-corrected chi connectivity index (χ2v) is 17.3. The summed E-state index contributed by atoms with van der Waals surface area (Å²) >= 11 is 0. The van der Waals surface area contributed by atoms with E-state index in [0.717, 1.165) is 0 Å². The van der Waals surface area contributed by atoms with Crippen molar-refractivity contribution < 1.29 is 0 Å². The van der Waals surface area contributed by atoms with Crippen LogP contribution < -0.4 is 0 Å². The fourth-order valence-electron chi connectivity index (χ4n) is 9.48. The Kier molecular flexibility index (Phi) is 5.75. The van der Waals surface area contributed by atoms with Crippen molar-refractivity contribution in [3.8, 4) is 11.1 Å². The van der Waals surface area contributed by atoms with E-state index in [1.54, 1.807) is 0 Å². The Morgan fingerprint density at radius 1 is 0.269 bits per heavy atom. The Hall–Kier alpha value is -5.72. The van der Waals surface area contributed by atoms with E-state index in [-0.39, 0.29) is 10.8 Å². The predicted octanol–water partition coefficient (Wildman–Crippen LogP) is 15.2. The first kappa shape index (κ1) is 30.0. The van der Waals surface area contributed by atoms with Crippen LogP contribution in [0, 0.1) is 0 Å². The topological polar surface area (TPSA) is 0 Å². The first-order chi connectivity index (χ1) is 25.0. The van der Waals surface area contributed by atoms with E-state index in [0.29, 0.717) is 0 Å². The zero-order valence-electron chi connectivity index (χ0n) is 30.7. The third-order valence-electron chi connectivity index (χ3n) is 12.2. The Morgan fingerprint density at radius 2 is 0.750 bits per heavy atom. The van der Waals surface area contributed by atoms with Gasteiger partial charge in [-0.25, -0.2) is 0 Å². The van der Waals surface area contributed by atoms with Crippen molar-refractivity contribution in [2.75, 3.05) is 0 Å². The molecule has 0 fully saturated rings. The van der Waals surface area contributed by atoms with Gasteiger partial charge in [0.15, 0.2) is 0 Å².